The van der Waals surface area contributed by atoms with Gasteiger partial charge < -0.3 is 9.47 Å². The summed E-state index contributed by atoms with van der Waals surface area (Å²) in [6.45, 7) is 4.28. The van der Waals surface area contributed by atoms with E-state index in [1.807, 2.05) is 32.0 Å². The van der Waals surface area contributed by atoms with Crippen LogP contribution in [0.25, 0.3) is 0 Å². The number of hydrogen-bond donors (Lipinski definition) is 0. The van der Waals surface area contributed by atoms with E-state index in [1.165, 1.54) is 7.11 Å². The van der Waals surface area contributed by atoms with Gasteiger partial charge in [0, 0.05) is 10.6 Å². The Morgan fingerprint density at radius 3 is 2.68 bits per heavy atom. The Kier molecular flexibility index (Phi) is 6.43. The molecule has 0 N–H and O–H groups in total. The van der Waals surface area contributed by atoms with Crippen molar-refractivity contribution in [1.82, 2.24) is 0 Å². The van der Waals surface area contributed by atoms with Gasteiger partial charge in [0.2, 0.25) is 0 Å². The fraction of sp³-hybridized carbons (Fsp3) is 0.400. The minimum absolute atomic E-state index is 0.309. The molecular formula is C15H19ClO3. The first-order chi connectivity index (χ1) is 9.12. The molecule has 1 rings (SSSR count). The number of benzene rings is 1. The number of esters is 1. The normalized spacial score (nSPS) is 11.3. The van der Waals surface area contributed by atoms with E-state index in [1.54, 1.807) is 6.08 Å². The Morgan fingerprint density at radius 1 is 1.37 bits per heavy atom. The van der Waals surface area contributed by atoms with E-state index >= 15 is 0 Å². The van der Waals surface area contributed by atoms with E-state index in [0.717, 1.165) is 22.8 Å². The first-order valence-electron chi connectivity index (χ1n) is 6.30. The Bertz CT molecular complexity index is 466. The summed E-state index contributed by atoms with van der Waals surface area (Å²) in [5.74, 6) is 0.439. The molecule has 0 saturated heterocycles. The summed E-state index contributed by atoms with van der Waals surface area (Å²) < 4.78 is 10.3. The first kappa shape index (κ1) is 15.6. The smallest absolute Gasteiger partial charge is 0.333 e. The third kappa shape index (κ3) is 4.60. The largest absolute Gasteiger partial charge is 0.490 e. The molecule has 0 aliphatic heterocycles. The summed E-state index contributed by atoms with van der Waals surface area (Å²) in [4.78, 5) is 11.4. The first-order valence-corrected chi connectivity index (χ1v) is 6.68. The molecule has 1 aromatic carbocycles. The second kappa shape index (κ2) is 7.85. The average molecular weight is 283 g/mol. The minimum atomic E-state index is -0.309. The summed E-state index contributed by atoms with van der Waals surface area (Å²) in [5.41, 5.74) is 1.67. The highest BCUT2D eigenvalue weighted by molar-refractivity contribution is 6.31. The number of halogens is 1. The zero-order valence-electron chi connectivity index (χ0n) is 11.5. The van der Waals surface area contributed by atoms with Crippen LogP contribution < -0.4 is 4.74 Å². The van der Waals surface area contributed by atoms with Crippen LogP contribution in [0, 0.1) is 0 Å². The van der Waals surface area contributed by atoms with Gasteiger partial charge >= 0.3 is 5.97 Å². The molecule has 0 fully saturated rings. The van der Waals surface area contributed by atoms with Crippen LogP contribution in [0.4, 0.5) is 0 Å². The summed E-state index contributed by atoms with van der Waals surface area (Å²) in [6, 6.07) is 5.56. The predicted molar refractivity (Wildman–Crippen MR) is 76.7 cm³/mol. The van der Waals surface area contributed by atoms with Gasteiger partial charge in [-0.15, -0.1) is 0 Å². The monoisotopic (exact) mass is 282 g/mol. The van der Waals surface area contributed by atoms with Crippen molar-refractivity contribution in [2.75, 3.05) is 13.7 Å². The lowest BCUT2D eigenvalue weighted by atomic mass is 10.1. The molecule has 0 heterocycles. The highest BCUT2D eigenvalue weighted by Crippen LogP contribution is 2.22. The summed E-state index contributed by atoms with van der Waals surface area (Å²) in [6.07, 6.45) is 3.22. The number of methoxy groups -OCH3 is 1. The number of aryl methyl sites for hydroxylation is 1. The second-order valence-electron chi connectivity index (χ2n) is 3.99. The fourth-order valence-corrected chi connectivity index (χ4v) is 1.90. The van der Waals surface area contributed by atoms with E-state index in [-0.39, 0.29) is 5.97 Å². The topological polar surface area (TPSA) is 35.5 Å². The van der Waals surface area contributed by atoms with Crippen molar-refractivity contribution in [2.45, 2.75) is 26.7 Å². The van der Waals surface area contributed by atoms with Crippen LogP contribution in [-0.2, 0) is 16.0 Å². The lowest BCUT2D eigenvalue weighted by molar-refractivity contribution is -0.136. The number of rotatable bonds is 6. The molecule has 0 bridgehead atoms. The van der Waals surface area contributed by atoms with Gasteiger partial charge in [-0.25, -0.2) is 4.79 Å². The van der Waals surface area contributed by atoms with E-state index in [9.17, 15) is 4.79 Å². The van der Waals surface area contributed by atoms with Crippen LogP contribution in [0.1, 0.15) is 25.8 Å². The second-order valence-corrected chi connectivity index (χ2v) is 4.40. The molecule has 0 amide bonds. The predicted octanol–water partition coefficient (Wildman–Crippen LogP) is 3.79. The molecule has 0 unspecified atom stereocenters. The molecule has 104 valence electrons. The van der Waals surface area contributed by atoms with Crippen molar-refractivity contribution < 1.29 is 14.3 Å². The van der Waals surface area contributed by atoms with Gasteiger partial charge in [-0.3, -0.25) is 0 Å². The van der Waals surface area contributed by atoms with Crippen LogP contribution >= 0.6 is 11.6 Å². The Morgan fingerprint density at radius 2 is 2.11 bits per heavy atom. The van der Waals surface area contributed by atoms with E-state index in [2.05, 4.69) is 4.74 Å². The molecule has 0 radical (unpaired) electrons. The van der Waals surface area contributed by atoms with Crippen LogP contribution in [-0.4, -0.2) is 19.7 Å². The molecule has 19 heavy (non-hydrogen) atoms. The lowest BCUT2D eigenvalue weighted by Crippen LogP contribution is -2.06. The van der Waals surface area contributed by atoms with Crippen molar-refractivity contribution in [2.24, 2.45) is 0 Å². The van der Waals surface area contributed by atoms with Gasteiger partial charge in [-0.2, -0.15) is 0 Å². The molecular weight excluding hydrogens is 264 g/mol. The summed E-state index contributed by atoms with van der Waals surface area (Å²) in [5, 5.41) is 0.745. The Balaban J connectivity index is 2.66. The molecule has 3 nitrogen and oxygen atoms in total. The minimum Gasteiger partial charge on any atom is -0.490 e. The lowest BCUT2D eigenvalue weighted by Gasteiger charge is -2.08. The van der Waals surface area contributed by atoms with Gasteiger partial charge in [0.1, 0.15) is 12.4 Å². The van der Waals surface area contributed by atoms with Crippen LogP contribution in [0.15, 0.2) is 29.8 Å². The maximum absolute atomic E-state index is 11.4. The molecule has 0 aliphatic rings. The van der Waals surface area contributed by atoms with Gasteiger partial charge in [-0.1, -0.05) is 25.4 Å². The molecule has 0 aliphatic carbocycles. The number of ether oxygens (including phenoxy) is 2. The number of hydrogen-bond acceptors (Lipinski definition) is 3. The number of carbonyl (C=O) groups is 1. The van der Waals surface area contributed by atoms with Crippen molar-refractivity contribution in [1.29, 1.82) is 0 Å². The van der Waals surface area contributed by atoms with Crippen molar-refractivity contribution >= 4 is 17.6 Å². The Hall–Kier alpha value is -1.48. The van der Waals surface area contributed by atoms with Crippen molar-refractivity contribution in [3.63, 3.8) is 0 Å². The zero-order chi connectivity index (χ0) is 14.3. The van der Waals surface area contributed by atoms with E-state index in [0.29, 0.717) is 18.6 Å². The van der Waals surface area contributed by atoms with Gasteiger partial charge in [0.25, 0.3) is 0 Å². The SMILES string of the molecule is CCC(=CCOc1ccc(Cl)c(CC)c1)C(=O)OC. The van der Waals surface area contributed by atoms with E-state index < -0.39 is 0 Å². The average Bonchev–Trinajstić information content (AvgIpc) is 2.44. The molecule has 0 saturated carbocycles. The molecule has 0 spiro atoms. The molecule has 0 aromatic heterocycles. The van der Waals surface area contributed by atoms with Crippen LogP contribution in [0.3, 0.4) is 0 Å². The van der Waals surface area contributed by atoms with Crippen LogP contribution in [0.5, 0.6) is 5.75 Å². The molecule has 4 heteroatoms. The fourth-order valence-electron chi connectivity index (χ4n) is 1.65. The summed E-state index contributed by atoms with van der Waals surface area (Å²) in [7, 11) is 1.37. The van der Waals surface area contributed by atoms with Gasteiger partial charge in [0.15, 0.2) is 0 Å². The molecule has 0 atom stereocenters. The Labute approximate surface area is 119 Å². The summed E-state index contributed by atoms with van der Waals surface area (Å²) >= 11 is 6.03. The van der Waals surface area contributed by atoms with E-state index in [4.69, 9.17) is 16.3 Å². The number of carbonyl (C=O) groups excluding carboxylic acids is 1. The third-order valence-electron chi connectivity index (χ3n) is 2.81. The van der Waals surface area contributed by atoms with Crippen molar-refractivity contribution in [3.8, 4) is 5.75 Å². The quantitative estimate of drug-likeness (QED) is 0.588. The molecule has 1 aromatic rings. The standard InChI is InChI=1S/C15H19ClO3/c1-4-11(15(17)18-3)8-9-19-13-6-7-14(16)12(5-2)10-13/h6-8,10H,4-5,9H2,1-3H3. The maximum atomic E-state index is 11.4. The van der Waals surface area contributed by atoms with Gasteiger partial charge in [-0.05, 0) is 42.7 Å². The van der Waals surface area contributed by atoms with Crippen molar-refractivity contribution in [3.05, 3.63) is 40.4 Å². The highest BCUT2D eigenvalue weighted by atomic mass is 35.5. The highest BCUT2D eigenvalue weighted by Gasteiger charge is 2.06. The zero-order valence-corrected chi connectivity index (χ0v) is 12.3. The van der Waals surface area contributed by atoms with Gasteiger partial charge in [0.05, 0.1) is 7.11 Å². The maximum Gasteiger partial charge on any atom is 0.333 e. The third-order valence-corrected chi connectivity index (χ3v) is 3.18. The van der Waals surface area contributed by atoms with Crippen LogP contribution in [0.2, 0.25) is 5.02 Å².